The van der Waals surface area contributed by atoms with Crippen LogP contribution < -0.4 is 0 Å². The first kappa shape index (κ1) is 17.5. The number of carboxylic acids is 4. The molecular weight excluding hydrogens is 320 g/mol. The van der Waals surface area contributed by atoms with Gasteiger partial charge in [-0.2, -0.15) is 0 Å². The van der Waals surface area contributed by atoms with Gasteiger partial charge in [0.1, 0.15) is 0 Å². The van der Waals surface area contributed by atoms with E-state index in [4.69, 9.17) is 0 Å². The Morgan fingerprint density at radius 3 is 1.46 bits per heavy atom. The minimum atomic E-state index is -1.61. The van der Waals surface area contributed by atoms with Gasteiger partial charge in [-0.1, -0.05) is 19.3 Å². The molecule has 0 saturated heterocycles. The quantitative estimate of drug-likeness (QED) is 0.640. The van der Waals surface area contributed by atoms with E-state index in [1.807, 2.05) is 0 Å². The molecule has 1 aromatic carbocycles. The number of rotatable bonds is 5. The maximum absolute atomic E-state index is 11.6. The number of carboxylic acid groups (broad SMARTS) is 4. The fourth-order valence-corrected chi connectivity index (χ4v) is 3.30. The molecule has 24 heavy (non-hydrogen) atoms. The Kier molecular flexibility index (Phi) is 4.87. The third-order valence-corrected chi connectivity index (χ3v) is 4.27. The van der Waals surface area contributed by atoms with E-state index in [9.17, 15) is 39.6 Å². The van der Waals surface area contributed by atoms with Crippen molar-refractivity contribution in [2.75, 3.05) is 0 Å². The van der Waals surface area contributed by atoms with Gasteiger partial charge in [0.25, 0.3) is 0 Å². The zero-order valence-electron chi connectivity index (χ0n) is 12.6. The van der Waals surface area contributed by atoms with Gasteiger partial charge in [-0.15, -0.1) is 0 Å². The van der Waals surface area contributed by atoms with Crippen molar-refractivity contribution in [3.05, 3.63) is 33.9 Å². The van der Waals surface area contributed by atoms with Crippen LogP contribution in [0.25, 0.3) is 0 Å². The van der Waals surface area contributed by atoms with Crippen LogP contribution in [0.3, 0.4) is 0 Å². The molecule has 0 aliphatic heterocycles. The maximum Gasteiger partial charge on any atom is 0.336 e. The lowest BCUT2D eigenvalue weighted by Crippen LogP contribution is -2.23. The lowest BCUT2D eigenvalue weighted by molar-refractivity contribution is 0.0633. The summed E-state index contributed by atoms with van der Waals surface area (Å²) in [6.07, 6.45) is 3.36. The van der Waals surface area contributed by atoms with Crippen LogP contribution in [0.1, 0.15) is 85.0 Å². The van der Waals surface area contributed by atoms with Gasteiger partial charge < -0.3 is 20.4 Å². The zero-order valence-corrected chi connectivity index (χ0v) is 12.6. The average Bonchev–Trinajstić information content (AvgIpc) is 2.52. The molecule has 4 N–H and O–H groups in total. The van der Waals surface area contributed by atoms with Crippen molar-refractivity contribution in [3.8, 4) is 0 Å². The second kappa shape index (κ2) is 6.69. The summed E-state index contributed by atoms with van der Waals surface area (Å²) in [6, 6.07) is 0.615. The van der Waals surface area contributed by atoms with E-state index < -0.39 is 52.0 Å². The molecule has 0 radical (unpaired) electrons. The Morgan fingerprint density at radius 1 is 0.708 bits per heavy atom. The lowest BCUT2D eigenvalue weighted by Gasteiger charge is -2.26. The summed E-state index contributed by atoms with van der Waals surface area (Å²) >= 11 is 0. The SMILES string of the molecule is O=C(O)c1cc(C(=O)O)c(C(=O)O)c(C2CCCCC2)c1C(=O)O. The average molecular weight is 336 g/mol. The molecule has 128 valence electrons. The summed E-state index contributed by atoms with van der Waals surface area (Å²) < 4.78 is 0. The van der Waals surface area contributed by atoms with Gasteiger partial charge in [0.2, 0.25) is 0 Å². The number of hydrogen-bond acceptors (Lipinski definition) is 4. The Hall–Kier alpha value is -2.90. The number of carbonyl (C=O) groups is 4. The first-order valence-electron chi connectivity index (χ1n) is 7.39. The van der Waals surface area contributed by atoms with Gasteiger partial charge in [0, 0.05) is 0 Å². The molecule has 2 rings (SSSR count). The Bertz CT molecular complexity index is 678. The van der Waals surface area contributed by atoms with Crippen LogP contribution in [0.5, 0.6) is 0 Å². The van der Waals surface area contributed by atoms with Crippen molar-refractivity contribution in [1.29, 1.82) is 0 Å². The van der Waals surface area contributed by atoms with Crippen LogP contribution in [0.4, 0.5) is 0 Å². The van der Waals surface area contributed by atoms with Crippen molar-refractivity contribution in [3.63, 3.8) is 0 Å². The Labute approximate surface area is 136 Å². The van der Waals surface area contributed by atoms with Crippen LogP contribution in [-0.4, -0.2) is 44.3 Å². The van der Waals surface area contributed by atoms with Crippen molar-refractivity contribution in [2.24, 2.45) is 0 Å². The molecule has 0 spiro atoms. The molecular formula is C16H16O8. The topological polar surface area (TPSA) is 149 Å². The molecule has 1 saturated carbocycles. The maximum atomic E-state index is 11.6. The van der Waals surface area contributed by atoms with Gasteiger partial charge in [0.15, 0.2) is 0 Å². The first-order valence-corrected chi connectivity index (χ1v) is 7.39. The molecule has 0 heterocycles. The predicted octanol–water partition coefficient (Wildman–Crippen LogP) is 2.53. The molecule has 1 fully saturated rings. The molecule has 0 amide bonds. The van der Waals surface area contributed by atoms with Crippen LogP contribution >= 0.6 is 0 Å². The molecule has 1 aliphatic rings. The third kappa shape index (κ3) is 3.08. The minimum Gasteiger partial charge on any atom is -0.478 e. The summed E-state index contributed by atoms with van der Waals surface area (Å²) in [5.74, 6) is -6.86. The van der Waals surface area contributed by atoms with Crippen molar-refractivity contribution >= 4 is 23.9 Å². The van der Waals surface area contributed by atoms with E-state index >= 15 is 0 Å². The normalized spacial score (nSPS) is 15.0. The Balaban J connectivity index is 2.92. The highest BCUT2D eigenvalue weighted by atomic mass is 16.4. The molecule has 0 atom stereocenters. The van der Waals surface area contributed by atoms with E-state index in [1.165, 1.54) is 0 Å². The fourth-order valence-electron chi connectivity index (χ4n) is 3.30. The minimum absolute atomic E-state index is 0.188. The van der Waals surface area contributed by atoms with E-state index in [2.05, 4.69) is 0 Å². The summed E-state index contributed by atoms with van der Waals surface area (Å²) in [4.78, 5) is 46.1. The third-order valence-electron chi connectivity index (χ3n) is 4.27. The standard InChI is InChI=1S/C16H16O8/c17-13(18)8-6-9(14(19)20)12(16(23)24)10(11(8)15(21)22)7-4-2-1-3-5-7/h6-7H,1-5H2,(H,17,18)(H,19,20)(H,21,22)(H,23,24). The van der Waals surface area contributed by atoms with Crippen LogP contribution in [-0.2, 0) is 0 Å². The molecule has 0 unspecified atom stereocenters. The van der Waals surface area contributed by atoms with E-state index in [0.717, 1.165) is 19.3 Å². The highest BCUT2D eigenvalue weighted by Crippen LogP contribution is 2.39. The van der Waals surface area contributed by atoms with E-state index in [-0.39, 0.29) is 5.56 Å². The molecule has 1 aromatic rings. The molecule has 0 aromatic heterocycles. The van der Waals surface area contributed by atoms with Gasteiger partial charge in [-0.25, -0.2) is 19.2 Å². The molecule has 0 bridgehead atoms. The second-order valence-corrected chi connectivity index (χ2v) is 5.69. The predicted molar refractivity (Wildman–Crippen MR) is 80.1 cm³/mol. The second-order valence-electron chi connectivity index (χ2n) is 5.69. The molecule has 8 heteroatoms. The van der Waals surface area contributed by atoms with Gasteiger partial charge >= 0.3 is 23.9 Å². The van der Waals surface area contributed by atoms with E-state index in [1.54, 1.807) is 0 Å². The first-order chi connectivity index (χ1) is 11.3. The van der Waals surface area contributed by atoms with Gasteiger partial charge in [-0.3, -0.25) is 0 Å². The monoisotopic (exact) mass is 336 g/mol. The lowest BCUT2D eigenvalue weighted by atomic mass is 9.77. The molecule has 8 nitrogen and oxygen atoms in total. The fraction of sp³-hybridized carbons (Fsp3) is 0.375. The van der Waals surface area contributed by atoms with Crippen LogP contribution in [0, 0.1) is 0 Å². The zero-order chi connectivity index (χ0) is 18.0. The smallest absolute Gasteiger partial charge is 0.336 e. The van der Waals surface area contributed by atoms with Crippen molar-refractivity contribution in [1.82, 2.24) is 0 Å². The number of hydrogen-bond donors (Lipinski definition) is 4. The van der Waals surface area contributed by atoms with Crippen LogP contribution in [0.2, 0.25) is 0 Å². The number of aromatic carboxylic acids is 4. The summed E-state index contributed by atoms with van der Waals surface area (Å²) in [5.41, 5.74) is -2.85. The van der Waals surface area contributed by atoms with E-state index in [0.29, 0.717) is 18.9 Å². The summed E-state index contributed by atoms with van der Waals surface area (Å²) in [5, 5.41) is 37.5. The number of benzene rings is 1. The van der Waals surface area contributed by atoms with Crippen molar-refractivity contribution < 1.29 is 39.6 Å². The molecule has 1 aliphatic carbocycles. The summed E-state index contributed by atoms with van der Waals surface area (Å²) in [6.45, 7) is 0. The van der Waals surface area contributed by atoms with Crippen molar-refractivity contribution in [2.45, 2.75) is 38.0 Å². The highest BCUT2D eigenvalue weighted by molar-refractivity contribution is 6.11. The Morgan fingerprint density at radius 2 is 1.12 bits per heavy atom. The summed E-state index contributed by atoms with van der Waals surface area (Å²) in [7, 11) is 0. The highest BCUT2D eigenvalue weighted by Gasteiger charge is 2.34. The largest absolute Gasteiger partial charge is 0.478 e. The van der Waals surface area contributed by atoms with Gasteiger partial charge in [-0.05, 0) is 30.4 Å². The van der Waals surface area contributed by atoms with Gasteiger partial charge in [0.05, 0.1) is 22.3 Å². The van der Waals surface area contributed by atoms with Crippen LogP contribution in [0.15, 0.2) is 6.07 Å².